The summed E-state index contributed by atoms with van der Waals surface area (Å²) in [5.74, 6) is 0.568. The van der Waals surface area contributed by atoms with E-state index in [1.54, 1.807) is 12.1 Å². The molecule has 1 unspecified atom stereocenters. The van der Waals surface area contributed by atoms with E-state index in [4.69, 9.17) is 0 Å². The molecule has 2 N–H and O–H groups in total. The van der Waals surface area contributed by atoms with Gasteiger partial charge in [-0.05, 0) is 30.2 Å². The van der Waals surface area contributed by atoms with E-state index in [9.17, 15) is 4.79 Å². The van der Waals surface area contributed by atoms with E-state index in [0.717, 1.165) is 5.69 Å². The number of nitrogens with zero attached hydrogens (tertiary/aromatic N) is 2. The molecule has 0 saturated heterocycles. The second-order valence-corrected chi connectivity index (χ2v) is 5.54. The number of para-hydroxylation sites is 1. The van der Waals surface area contributed by atoms with Gasteiger partial charge in [-0.15, -0.1) is 10.2 Å². The third-order valence-corrected chi connectivity index (χ3v) is 3.49. The smallest absolute Gasteiger partial charge is 0.358 e. The van der Waals surface area contributed by atoms with Crippen LogP contribution in [0.25, 0.3) is 0 Å². The van der Waals surface area contributed by atoms with Crippen LogP contribution in [0.5, 0.6) is 0 Å². The van der Waals surface area contributed by atoms with Gasteiger partial charge in [-0.2, -0.15) is 0 Å². The van der Waals surface area contributed by atoms with E-state index >= 15 is 0 Å². The zero-order chi connectivity index (χ0) is 16.7. The van der Waals surface area contributed by atoms with Crippen molar-refractivity contribution in [1.82, 2.24) is 10.2 Å². The molecule has 0 aliphatic rings. The molecule has 6 nitrogen and oxygen atoms in total. The number of benzene rings is 1. The molecule has 23 heavy (non-hydrogen) atoms. The number of rotatable bonds is 7. The minimum Gasteiger partial charge on any atom is -0.464 e. The number of hydrogen-bond donors (Lipinski definition) is 2. The van der Waals surface area contributed by atoms with E-state index in [1.807, 2.05) is 30.3 Å². The van der Waals surface area contributed by atoms with Gasteiger partial charge in [-0.3, -0.25) is 0 Å². The molecule has 0 aliphatic carbocycles. The topological polar surface area (TPSA) is 76.1 Å². The Labute approximate surface area is 136 Å². The Hall–Kier alpha value is -2.63. The lowest BCUT2D eigenvalue weighted by Gasteiger charge is -2.24. The van der Waals surface area contributed by atoms with Gasteiger partial charge < -0.3 is 15.4 Å². The number of anilines is 2. The van der Waals surface area contributed by atoms with Gasteiger partial charge in [0.15, 0.2) is 5.69 Å². The molecule has 0 amide bonds. The van der Waals surface area contributed by atoms with Crippen LogP contribution in [0.3, 0.4) is 0 Å². The van der Waals surface area contributed by atoms with Gasteiger partial charge in [0.2, 0.25) is 0 Å². The quantitative estimate of drug-likeness (QED) is 0.765. The third-order valence-electron chi connectivity index (χ3n) is 3.49. The highest BCUT2D eigenvalue weighted by molar-refractivity contribution is 5.86. The monoisotopic (exact) mass is 314 g/mol. The van der Waals surface area contributed by atoms with E-state index in [0.29, 0.717) is 18.3 Å². The van der Waals surface area contributed by atoms with Gasteiger partial charge in [0.05, 0.1) is 7.11 Å². The molecule has 1 heterocycles. The number of carbonyl (C=O) groups is 1. The summed E-state index contributed by atoms with van der Waals surface area (Å²) in [4.78, 5) is 11.3. The SMILES string of the molecule is COC(=O)c1ccc(NCC(Nc2ccccc2)C(C)C)nn1. The lowest BCUT2D eigenvalue weighted by atomic mass is 10.0. The minimum atomic E-state index is -0.491. The van der Waals surface area contributed by atoms with E-state index < -0.39 is 5.97 Å². The zero-order valence-corrected chi connectivity index (χ0v) is 13.6. The second-order valence-electron chi connectivity index (χ2n) is 5.54. The summed E-state index contributed by atoms with van der Waals surface area (Å²) in [7, 11) is 1.32. The van der Waals surface area contributed by atoms with Gasteiger partial charge in [0.25, 0.3) is 0 Å². The summed E-state index contributed by atoms with van der Waals surface area (Å²) >= 11 is 0. The van der Waals surface area contributed by atoms with Crippen molar-refractivity contribution in [3.05, 3.63) is 48.2 Å². The molecule has 0 bridgehead atoms. The molecule has 1 aromatic heterocycles. The lowest BCUT2D eigenvalue weighted by Crippen LogP contribution is -2.33. The Kier molecular flexibility index (Phi) is 5.91. The molecular weight excluding hydrogens is 292 g/mol. The van der Waals surface area contributed by atoms with E-state index in [1.165, 1.54) is 7.11 Å². The summed E-state index contributed by atoms with van der Waals surface area (Å²) in [5.41, 5.74) is 1.28. The average Bonchev–Trinajstić information content (AvgIpc) is 2.59. The van der Waals surface area contributed by atoms with Gasteiger partial charge >= 0.3 is 5.97 Å². The van der Waals surface area contributed by atoms with Gasteiger partial charge in [-0.1, -0.05) is 32.0 Å². The first kappa shape index (κ1) is 16.7. The standard InChI is InChI=1S/C17H22N4O2/c1-12(2)15(19-13-7-5-4-6-8-13)11-18-16-10-9-14(20-21-16)17(22)23-3/h4-10,12,15,19H,11H2,1-3H3,(H,18,21). The van der Waals surface area contributed by atoms with Crippen molar-refractivity contribution in [2.75, 3.05) is 24.3 Å². The number of carbonyl (C=O) groups excluding carboxylic acids is 1. The number of nitrogens with one attached hydrogen (secondary N) is 2. The Morgan fingerprint density at radius 1 is 1.13 bits per heavy atom. The first-order valence-corrected chi connectivity index (χ1v) is 7.57. The molecular formula is C17H22N4O2. The average molecular weight is 314 g/mol. The van der Waals surface area contributed by atoms with Gasteiger partial charge in [0.1, 0.15) is 5.82 Å². The van der Waals surface area contributed by atoms with Gasteiger partial charge in [-0.25, -0.2) is 4.79 Å². The summed E-state index contributed by atoms with van der Waals surface area (Å²) in [6, 6.07) is 13.6. The number of aromatic nitrogens is 2. The van der Waals surface area contributed by atoms with Crippen molar-refractivity contribution in [1.29, 1.82) is 0 Å². The molecule has 1 aromatic carbocycles. The predicted molar refractivity (Wildman–Crippen MR) is 90.6 cm³/mol. The number of esters is 1. The van der Waals surface area contributed by atoms with Crippen LogP contribution >= 0.6 is 0 Å². The van der Waals surface area contributed by atoms with E-state index in [-0.39, 0.29) is 11.7 Å². The molecule has 6 heteroatoms. The van der Waals surface area contributed by atoms with Crippen LogP contribution in [0.2, 0.25) is 0 Å². The summed E-state index contributed by atoms with van der Waals surface area (Å²) < 4.78 is 4.60. The fourth-order valence-corrected chi connectivity index (χ4v) is 2.06. The predicted octanol–water partition coefficient (Wildman–Crippen LogP) is 2.81. The Bertz CT molecular complexity index is 614. The van der Waals surface area contributed by atoms with Crippen molar-refractivity contribution in [3.8, 4) is 0 Å². The molecule has 2 aromatic rings. The normalized spacial score (nSPS) is 11.8. The summed E-state index contributed by atoms with van der Waals surface area (Å²) in [5, 5.41) is 14.6. The second kappa shape index (κ2) is 8.12. The van der Waals surface area contributed by atoms with Gasteiger partial charge in [0, 0.05) is 18.3 Å². The van der Waals surface area contributed by atoms with Crippen molar-refractivity contribution >= 4 is 17.5 Å². The van der Waals surface area contributed by atoms with Crippen LogP contribution in [0.15, 0.2) is 42.5 Å². The maximum absolute atomic E-state index is 11.3. The first-order chi connectivity index (χ1) is 11.1. The molecule has 122 valence electrons. The highest BCUT2D eigenvalue weighted by Crippen LogP contribution is 2.13. The van der Waals surface area contributed by atoms with Crippen LogP contribution in [0.4, 0.5) is 11.5 Å². The van der Waals surface area contributed by atoms with Crippen LogP contribution in [-0.4, -0.2) is 35.9 Å². The maximum atomic E-state index is 11.3. The largest absolute Gasteiger partial charge is 0.464 e. The fourth-order valence-electron chi connectivity index (χ4n) is 2.06. The summed E-state index contributed by atoms with van der Waals surface area (Å²) in [6.45, 7) is 5.02. The molecule has 0 spiro atoms. The summed E-state index contributed by atoms with van der Waals surface area (Å²) in [6.07, 6.45) is 0. The molecule has 0 radical (unpaired) electrons. The van der Waals surface area contributed by atoms with Crippen molar-refractivity contribution < 1.29 is 9.53 Å². The zero-order valence-electron chi connectivity index (χ0n) is 13.6. The van der Waals surface area contributed by atoms with Crippen LogP contribution in [0.1, 0.15) is 24.3 Å². The van der Waals surface area contributed by atoms with Crippen molar-refractivity contribution in [2.24, 2.45) is 5.92 Å². The van der Waals surface area contributed by atoms with Crippen LogP contribution in [-0.2, 0) is 4.74 Å². The first-order valence-electron chi connectivity index (χ1n) is 7.57. The Balaban J connectivity index is 1.95. The van der Waals surface area contributed by atoms with Crippen LogP contribution < -0.4 is 10.6 Å². The highest BCUT2D eigenvalue weighted by atomic mass is 16.5. The Morgan fingerprint density at radius 2 is 1.87 bits per heavy atom. The lowest BCUT2D eigenvalue weighted by molar-refractivity contribution is 0.0593. The van der Waals surface area contributed by atoms with E-state index in [2.05, 4.69) is 39.4 Å². The minimum absolute atomic E-state index is 0.195. The van der Waals surface area contributed by atoms with Crippen LogP contribution in [0, 0.1) is 5.92 Å². The maximum Gasteiger partial charge on any atom is 0.358 e. The molecule has 0 aliphatic heterocycles. The molecule has 0 saturated carbocycles. The number of methoxy groups -OCH3 is 1. The molecule has 2 rings (SSSR count). The number of hydrogen-bond acceptors (Lipinski definition) is 6. The molecule has 0 fully saturated rings. The Morgan fingerprint density at radius 3 is 2.43 bits per heavy atom. The highest BCUT2D eigenvalue weighted by Gasteiger charge is 2.14. The van der Waals surface area contributed by atoms with Crippen molar-refractivity contribution in [3.63, 3.8) is 0 Å². The molecule has 1 atom stereocenters. The number of ether oxygens (including phenoxy) is 1. The fraction of sp³-hybridized carbons (Fsp3) is 0.353. The van der Waals surface area contributed by atoms with Crippen molar-refractivity contribution in [2.45, 2.75) is 19.9 Å². The third kappa shape index (κ3) is 4.95.